The number of nitrogens with zero attached hydrogens (tertiary/aromatic N) is 3. The second-order valence-corrected chi connectivity index (χ2v) is 6.15. The molecule has 4 N–H and O–H groups in total. The van der Waals surface area contributed by atoms with Crippen molar-refractivity contribution in [2.75, 3.05) is 31.9 Å². The van der Waals surface area contributed by atoms with Gasteiger partial charge >= 0.3 is 6.03 Å². The Hall–Kier alpha value is -2.30. The molecule has 0 saturated heterocycles. The van der Waals surface area contributed by atoms with Crippen LogP contribution in [0.15, 0.2) is 29.4 Å². The molecule has 134 valence electrons. The molecule has 0 bridgehead atoms. The maximum Gasteiger partial charge on any atom is 0.321 e. The number of carbonyl (C=O) groups excluding carboxylic acids is 2. The van der Waals surface area contributed by atoms with Crippen LogP contribution in [0.2, 0.25) is 5.02 Å². The molecule has 0 aliphatic carbocycles. The van der Waals surface area contributed by atoms with E-state index < -0.39 is 11.9 Å². The molecular formula is C14H17ClN6O3S. The van der Waals surface area contributed by atoms with E-state index in [0.717, 1.165) is 11.8 Å². The number of carbonyl (C=O) groups is 2. The lowest BCUT2D eigenvalue weighted by atomic mass is 10.2. The van der Waals surface area contributed by atoms with E-state index in [4.69, 9.17) is 22.2 Å². The Morgan fingerprint density at radius 2 is 2.20 bits per heavy atom. The zero-order chi connectivity index (χ0) is 18.2. The normalized spacial score (nSPS) is 10.5. The topological polar surface area (TPSA) is 124 Å². The molecule has 2 aromatic rings. The molecule has 0 aliphatic rings. The first kappa shape index (κ1) is 19.0. The first-order valence-electron chi connectivity index (χ1n) is 7.17. The molecule has 9 nitrogen and oxygen atoms in total. The summed E-state index contributed by atoms with van der Waals surface area (Å²) in [5, 5.41) is 13.5. The summed E-state index contributed by atoms with van der Waals surface area (Å²) in [5.41, 5.74) is 0.705. The Morgan fingerprint density at radius 1 is 1.40 bits per heavy atom. The summed E-state index contributed by atoms with van der Waals surface area (Å²) in [6.07, 6.45) is 0. The fourth-order valence-corrected chi connectivity index (χ4v) is 2.65. The third kappa shape index (κ3) is 5.62. The summed E-state index contributed by atoms with van der Waals surface area (Å²) in [6.45, 7) is 0.668. The minimum atomic E-state index is -0.587. The fourth-order valence-electron chi connectivity index (χ4n) is 1.80. The van der Waals surface area contributed by atoms with E-state index in [1.165, 1.54) is 11.8 Å². The number of ether oxygens (including phenoxy) is 1. The smallest absolute Gasteiger partial charge is 0.321 e. The standard InChI is InChI=1S/C14H17ClN6O3S/c1-24-6-5-17-13(23)18-11(22)8-25-14-20-19-12(21(14)16)9-3-2-4-10(15)7-9/h2-4,7H,5-6,8,16H2,1H3,(H2,17,18,22,23). The molecule has 25 heavy (non-hydrogen) atoms. The lowest BCUT2D eigenvalue weighted by molar-refractivity contribution is -0.117. The van der Waals surface area contributed by atoms with Gasteiger partial charge in [0.15, 0.2) is 5.82 Å². The van der Waals surface area contributed by atoms with Crippen molar-refractivity contribution >= 4 is 35.3 Å². The zero-order valence-electron chi connectivity index (χ0n) is 13.4. The number of halogens is 1. The maximum absolute atomic E-state index is 11.8. The van der Waals surface area contributed by atoms with Gasteiger partial charge in [0.2, 0.25) is 11.1 Å². The number of nitrogens with two attached hydrogens (primary N) is 1. The predicted octanol–water partition coefficient (Wildman–Crippen LogP) is 0.877. The quantitative estimate of drug-likeness (QED) is 0.367. The number of hydrogen-bond donors (Lipinski definition) is 3. The summed E-state index contributed by atoms with van der Waals surface area (Å²) in [5.74, 6) is 5.86. The van der Waals surface area contributed by atoms with Crippen molar-refractivity contribution in [3.8, 4) is 11.4 Å². The van der Waals surface area contributed by atoms with Gasteiger partial charge in [0, 0.05) is 24.2 Å². The van der Waals surface area contributed by atoms with Gasteiger partial charge in [-0.3, -0.25) is 10.1 Å². The number of rotatable bonds is 7. The number of nitrogen functional groups attached to an aromatic ring is 1. The largest absolute Gasteiger partial charge is 0.383 e. The lowest BCUT2D eigenvalue weighted by Crippen LogP contribution is -2.41. The first-order valence-corrected chi connectivity index (χ1v) is 8.53. The van der Waals surface area contributed by atoms with Crippen LogP contribution in [0, 0.1) is 0 Å². The summed E-state index contributed by atoms with van der Waals surface area (Å²) in [6, 6.07) is 6.43. The Labute approximate surface area is 153 Å². The van der Waals surface area contributed by atoms with Gasteiger partial charge in [0.1, 0.15) is 0 Å². The number of imide groups is 1. The van der Waals surface area contributed by atoms with Gasteiger partial charge in [0.25, 0.3) is 0 Å². The van der Waals surface area contributed by atoms with Crippen LogP contribution >= 0.6 is 23.4 Å². The summed E-state index contributed by atoms with van der Waals surface area (Å²) in [4.78, 5) is 23.2. The van der Waals surface area contributed by atoms with Crippen LogP contribution in [0.5, 0.6) is 0 Å². The van der Waals surface area contributed by atoms with Crippen molar-refractivity contribution in [2.45, 2.75) is 5.16 Å². The highest BCUT2D eigenvalue weighted by Gasteiger charge is 2.15. The van der Waals surface area contributed by atoms with Crippen molar-refractivity contribution in [3.05, 3.63) is 29.3 Å². The molecule has 0 aliphatic heterocycles. The molecule has 0 radical (unpaired) electrons. The number of urea groups is 1. The van der Waals surface area contributed by atoms with Crippen LogP contribution in [0.4, 0.5) is 4.79 Å². The summed E-state index contributed by atoms with van der Waals surface area (Å²) >= 11 is 7.01. The average Bonchev–Trinajstić information content (AvgIpc) is 2.94. The van der Waals surface area contributed by atoms with Gasteiger partial charge < -0.3 is 15.9 Å². The third-order valence-electron chi connectivity index (χ3n) is 2.92. The van der Waals surface area contributed by atoms with Gasteiger partial charge in [-0.15, -0.1) is 10.2 Å². The van der Waals surface area contributed by atoms with Crippen molar-refractivity contribution in [1.29, 1.82) is 0 Å². The Balaban J connectivity index is 1.89. The SMILES string of the molecule is COCCNC(=O)NC(=O)CSc1nnc(-c2cccc(Cl)c2)n1N. The monoisotopic (exact) mass is 384 g/mol. The van der Waals surface area contributed by atoms with E-state index >= 15 is 0 Å². The Bertz CT molecular complexity index is 754. The predicted molar refractivity (Wildman–Crippen MR) is 94.8 cm³/mol. The number of amides is 3. The van der Waals surface area contributed by atoms with Crippen LogP contribution in [0.1, 0.15) is 0 Å². The van der Waals surface area contributed by atoms with Crippen molar-refractivity contribution in [3.63, 3.8) is 0 Å². The summed E-state index contributed by atoms with van der Waals surface area (Å²) < 4.78 is 6.06. The first-order chi connectivity index (χ1) is 12.0. The van der Waals surface area contributed by atoms with E-state index in [0.29, 0.717) is 34.7 Å². The van der Waals surface area contributed by atoms with Crippen molar-refractivity contribution < 1.29 is 14.3 Å². The molecule has 0 saturated carbocycles. The van der Waals surface area contributed by atoms with Crippen LogP contribution in [0.3, 0.4) is 0 Å². The summed E-state index contributed by atoms with van der Waals surface area (Å²) in [7, 11) is 1.52. The van der Waals surface area contributed by atoms with Crippen LogP contribution in [0.25, 0.3) is 11.4 Å². The average molecular weight is 385 g/mol. The van der Waals surface area contributed by atoms with Crippen LogP contribution in [-0.2, 0) is 9.53 Å². The molecule has 0 spiro atoms. The molecule has 0 atom stereocenters. The van der Waals surface area contributed by atoms with Crippen LogP contribution in [-0.4, -0.2) is 52.8 Å². The van der Waals surface area contributed by atoms with Gasteiger partial charge in [-0.1, -0.05) is 35.5 Å². The number of thioether (sulfide) groups is 1. The molecular weight excluding hydrogens is 368 g/mol. The number of methoxy groups -OCH3 is 1. The maximum atomic E-state index is 11.8. The minimum absolute atomic E-state index is 0.0391. The molecule has 1 heterocycles. The zero-order valence-corrected chi connectivity index (χ0v) is 14.9. The highest BCUT2D eigenvalue weighted by molar-refractivity contribution is 7.99. The number of nitrogens with one attached hydrogen (secondary N) is 2. The third-order valence-corrected chi connectivity index (χ3v) is 4.10. The van der Waals surface area contributed by atoms with E-state index in [1.807, 2.05) is 0 Å². The molecule has 0 unspecified atom stereocenters. The number of aromatic nitrogens is 3. The van der Waals surface area contributed by atoms with Crippen LogP contribution < -0.4 is 16.5 Å². The van der Waals surface area contributed by atoms with Gasteiger partial charge in [-0.05, 0) is 12.1 Å². The fraction of sp³-hybridized carbons (Fsp3) is 0.286. The minimum Gasteiger partial charge on any atom is -0.383 e. The lowest BCUT2D eigenvalue weighted by Gasteiger charge is -2.06. The van der Waals surface area contributed by atoms with E-state index in [2.05, 4.69) is 20.8 Å². The molecule has 3 amide bonds. The second kappa shape index (κ2) is 9.25. The van der Waals surface area contributed by atoms with E-state index in [1.54, 1.807) is 24.3 Å². The molecule has 0 fully saturated rings. The van der Waals surface area contributed by atoms with E-state index in [9.17, 15) is 9.59 Å². The van der Waals surface area contributed by atoms with Crippen molar-refractivity contribution in [2.24, 2.45) is 0 Å². The Kier molecular flexibility index (Phi) is 7.04. The van der Waals surface area contributed by atoms with Gasteiger partial charge in [0.05, 0.1) is 12.4 Å². The molecule has 11 heteroatoms. The molecule has 1 aromatic carbocycles. The van der Waals surface area contributed by atoms with Gasteiger partial charge in [-0.25, -0.2) is 9.47 Å². The highest BCUT2D eigenvalue weighted by atomic mass is 35.5. The highest BCUT2D eigenvalue weighted by Crippen LogP contribution is 2.23. The van der Waals surface area contributed by atoms with Gasteiger partial charge in [-0.2, -0.15) is 0 Å². The number of benzene rings is 1. The van der Waals surface area contributed by atoms with E-state index in [-0.39, 0.29) is 5.75 Å². The Morgan fingerprint density at radius 3 is 2.92 bits per heavy atom. The number of hydrogen-bond acceptors (Lipinski definition) is 7. The second-order valence-electron chi connectivity index (χ2n) is 4.77. The van der Waals surface area contributed by atoms with Crippen molar-refractivity contribution in [1.82, 2.24) is 25.5 Å². The molecule has 1 aromatic heterocycles. The molecule has 2 rings (SSSR count).